The van der Waals surface area contributed by atoms with Crippen molar-refractivity contribution in [2.75, 3.05) is 11.9 Å². The molecule has 0 saturated heterocycles. The zero-order valence-corrected chi connectivity index (χ0v) is 12.3. The molecular formula is C13H26BrFO. The Hall–Kier alpha value is 0.370. The molecule has 0 aromatic heterocycles. The number of ether oxygens (including phenoxy) is 1. The molecule has 0 rings (SSSR count). The topological polar surface area (TPSA) is 9.23 Å². The van der Waals surface area contributed by atoms with Gasteiger partial charge in [-0.3, -0.25) is 0 Å². The van der Waals surface area contributed by atoms with E-state index in [-0.39, 0.29) is 0 Å². The van der Waals surface area contributed by atoms with Gasteiger partial charge in [-0.05, 0) is 26.7 Å². The molecule has 0 aliphatic rings. The predicted molar refractivity (Wildman–Crippen MR) is 71.9 cm³/mol. The van der Waals surface area contributed by atoms with Crippen molar-refractivity contribution >= 4 is 15.9 Å². The fraction of sp³-hybridized carbons (Fsp3) is 1.00. The van der Waals surface area contributed by atoms with E-state index in [2.05, 4.69) is 15.9 Å². The predicted octanol–water partition coefficient (Wildman–Crippen LogP) is 5.22. The number of alkyl halides is 2. The number of hydrogen-bond acceptors (Lipinski definition) is 1. The second-order valence-electron chi connectivity index (χ2n) is 4.73. The molecule has 0 N–H and O–H groups in total. The normalized spacial score (nSPS) is 12.0. The molecule has 0 bridgehead atoms. The quantitative estimate of drug-likeness (QED) is 0.375. The summed E-state index contributed by atoms with van der Waals surface area (Å²) in [6.45, 7) is 3.46. The molecule has 98 valence electrons. The molecule has 1 nitrogen and oxygen atoms in total. The number of halogens is 2. The average Bonchev–Trinajstić information content (AvgIpc) is 2.19. The Kier molecular flexibility index (Phi) is 10.8. The zero-order valence-electron chi connectivity index (χ0n) is 10.7. The first kappa shape index (κ1) is 16.4. The van der Waals surface area contributed by atoms with Crippen LogP contribution in [0.5, 0.6) is 0 Å². The molecule has 0 aromatic carbocycles. The molecule has 0 aromatic rings. The van der Waals surface area contributed by atoms with E-state index >= 15 is 0 Å². The number of rotatable bonds is 11. The van der Waals surface area contributed by atoms with E-state index in [9.17, 15) is 4.39 Å². The van der Waals surface area contributed by atoms with Gasteiger partial charge in [0, 0.05) is 5.33 Å². The maximum Gasteiger partial charge on any atom is 0.203 e. The van der Waals surface area contributed by atoms with E-state index in [1.54, 1.807) is 0 Å². The Morgan fingerprint density at radius 2 is 1.31 bits per heavy atom. The van der Waals surface area contributed by atoms with Gasteiger partial charge in [0.2, 0.25) is 5.85 Å². The first-order valence-corrected chi connectivity index (χ1v) is 7.57. The maximum absolute atomic E-state index is 12.9. The molecule has 0 spiro atoms. The molecular weight excluding hydrogens is 271 g/mol. The van der Waals surface area contributed by atoms with Gasteiger partial charge in [-0.25, -0.2) is 4.39 Å². The molecule has 0 aliphatic carbocycles. The molecule has 0 unspecified atom stereocenters. The third-order valence-corrected chi connectivity index (χ3v) is 3.03. The van der Waals surface area contributed by atoms with Crippen molar-refractivity contribution in [2.45, 2.75) is 71.1 Å². The second-order valence-corrected chi connectivity index (χ2v) is 5.52. The molecule has 3 heteroatoms. The van der Waals surface area contributed by atoms with Crippen molar-refractivity contribution < 1.29 is 9.13 Å². The Morgan fingerprint density at radius 1 is 0.875 bits per heavy atom. The van der Waals surface area contributed by atoms with Crippen LogP contribution in [0.15, 0.2) is 0 Å². The largest absolute Gasteiger partial charge is 0.346 e. The van der Waals surface area contributed by atoms with Crippen molar-refractivity contribution in [3.05, 3.63) is 0 Å². The van der Waals surface area contributed by atoms with Crippen molar-refractivity contribution in [1.29, 1.82) is 0 Å². The molecule has 0 heterocycles. The summed E-state index contributed by atoms with van der Waals surface area (Å²) in [6, 6.07) is 0. The van der Waals surface area contributed by atoms with Gasteiger partial charge in [-0.15, -0.1) is 0 Å². The van der Waals surface area contributed by atoms with Gasteiger partial charge < -0.3 is 4.74 Å². The summed E-state index contributed by atoms with van der Waals surface area (Å²) in [4.78, 5) is 0. The Labute approximate surface area is 108 Å². The minimum absolute atomic E-state index is 0.549. The highest BCUT2D eigenvalue weighted by Gasteiger charge is 2.14. The minimum atomic E-state index is -1.46. The smallest absolute Gasteiger partial charge is 0.203 e. The average molecular weight is 297 g/mol. The second kappa shape index (κ2) is 10.5. The first-order chi connectivity index (χ1) is 7.56. The van der Waals surface area contributed by atoms with Gasteiger partial charge in [-0.1, -0.05) is 54.5 Å². The van der Waals surface area contributed by atoms with E-state index < -0.39 is 5.85 Å². The summed E-state index contributed by atoms with van der Waals surface area (Å²) < 4.78 is 17.9. The zero-order chi connectivity index (χ0) is 12.3. The van der Waals surface area contributed by atoms with Crippen LogP contribution >= 0.6 is 15.9 Å². The first-order valence-electron chi connectivity index (χ1n) is 6.45. The van der Waals surface area contributed by atoms with Crippen LogP contribution in [0.3, 0.4) is 0 Å². The molecule has 16 heavy (non-hydrogen) atoms. The van der Waals surface area contributed by atoms with Gasteiger partial charge in [0.1, 0.15) is 0 Å². The van der Waals surface area contributed by atoms with Crippen LogP contribution in [0.1, 0.15) is 65.2 Å². The summed E-state index contributed by atoms with van der Waals surface area (Å²) in [6.07, 6.45) is 10.0. The van der Waals surface area contributed by atoms with E-state index in [1.165, 1.54) is 52.4 Å². The molecule has 0 radical (unpaired) electrons. The van der Waals surface area contributed by atoms with E-state index in [1.807, 2.05) is 0 Å². The van der Waals surface area contributed by atoms with Gasteiger partial charge in [0.05, 0.1) is 6.61 Å². The number of hydrogen-bond donors (Lipinski definition) is 0. The lowest BCUT2D eigenvalue weighted by atomic mass is 10.1. The highest BCUT2D eigenvalue weighted by molar-refractivity contribution is 9.09. The summed E-state index contributed by atoms with van der Waals surface area (Å²) in [5, 5.41) is 1.13. The van der Waals surface area contributed by atoms with Crippen LogP contribution in [-0.2, 0) is 4.74 Å². The SMILES string of the molecule is CC(C)(F)OCCCCCCCCCCBr. The Morgan fingerprint density at radius 3 is 1.75 bits per heavy atom. The van der Waals surface area contributed by atoms with E-state index in [4.69, 9.17) is 4.74 Å². The van der Waals surface area contributed by atoms with Crippen LogP contribution in [-0.4, -0.2) is 17.8 Å². The van der Waals surface area contributed by atoms with Crippen LogP contribution in [0.25, 0.3) is 0 Å². The van der Waals surface area contributed by atoms with E-state index in [0.29, 0.717) is 6.61 Å². The summed E-state index contributed by atoms with van der Waals surface area (Å²) in [7, 11) is 0. The van der Waals surface area contributed by atoms with Gasteiger partial charge in [-0.2, -0.15) is 0 Å². The third-order valence-electron chi connectivity index (χ3n) is 2.47. The van der Waals surface area contributed by atoms with Crippen LogP contribution in [0.2, 0.25) is 0 Å². The highest BCUT2D eigenvalue weighted by Crippen LogP contribution is 2.13. The summed E-state index contributed by atoms with van der Waals surface area (Å²) >= 11 is 3.43. The molecule has 0 aliphatic heterocycles. The molecule has 0 fully saturated rings. The molecule has 0 atom stereocenters. The number of unbranched alkanes of at least 4 members (excludes halogenated alkanes) is 7. The van der Waals surface area contributed by atoms with Crippen LogP contribution in [0.4, 0.5) is 4.39 Å². The van der Waals surface area contributed by atoms with Gasteiger partial charge in [0.15, 0.2) is 0 Å². The van der Waals surface area contributed by atoms with Crippen LogP contribution < -0.4 is 0 Å². The Bertz CT molecular complexity index is 145. The molecule has 0 saturated carbocycles. The molecule has 0 amide bonds. The van der Waals surface area contributed by atoms with Crippen molar-refractivity contribution in [3.63, 3.8) is 0 Å². The monoisotopic (exact) mass is 296 g/mol. The van der Waals surface area contributed by atoms with Gasteiger partial charge in [0.25, 0.3) is 0 Å². The highest BCUT2D eigenvalue weighted by atomic mass is 79.9. The lowest BCUT2D eigenvalue weighted by molar-refractivity contribution is -0.116. The standard InChI is InChI=1S/C13H26BrFO/c1-13(2,15)16-12-10-8-6-4-3-5-7-9-11-14/h3-12H2,1-2H3. The fourth-order valence-electron chi connectivity index (χ4n) is 1.57. The fourth-order valence-corrected chi connectivity index (χ4v) is 1.97. The third kappa shape index (κ3) is 14.4. The lowest BCUT2D eigenvalue weighted by Crippen LogP contribution is -2.17. The summed E-state index contributed by atoms with van der Waals surface area (Å²) in [5.74, 6) is -1.46. The lowest BCUT2D eigenvalue weighted by Gasteiger charge is -2.14. The van der Waals surface area contributed by atoms with E-state index in [0.717, 1.165) is 18.2 Å². The Balaban J connectivity index is 2.99. The summed E-state index contributed by atoms with van der Waals surface area (Å²) in [5.41, 5.74) is 0. The maximum atomic E-state index is 12.9. The minimum Gasteiger partial charge on any atom is -0.346 e. The van der Waals surface area contributed by atoms with Crippen LogP contribution in [0, 0.1) is 0 Å². The van der Waals surface area contributed by atoms with Crippen molar-refractivity contribution in [2.24, 2.45) is 0 Å². The van der Waals surface area contributed by atoms with Gasteiger partial charge >= 0.3 is 0 Å². The van der Waals surface area contributed by atoms with Crippen molar-refractivity contribution in [1.82, 2.24) is 0 Å². The van der Waals surface area contributed by atoms with Crippen molar-refractivity contribution in [3.8, 4) is 0 Å².